The summed E-state index contributed by atoms with van der Waals surface area (Å²) in [6, 6.07) is 0.822. The summed E-state index contributed by atoms with van der Waals surface area (Å²) >= 11 is 0. The fourth-order valence-electron chi connectivity index (χ4n) is 3.48. The summed E-state index contributed by atoms with van der Waals surface area (Å²) in [4.78, 5) is 0. The molecule has 2 rings (SSSR count). The molecule has 132 valence electrons. The average molecular weight is 310 g/mol. The zero-order chi connectivity index (χ0) is 16.5. The Morgan fingerprint density at radius 2 is 1.36 bits per heavy atom. The molecule has 1 heteroatoms. The zero-order valence-electron chi connectivity index (χ0n) is 15.8. The van der Waals surface area contributed by atoms with Crippen molar-refractivity contribution in [3.05, 3.63) is 12.7 Å². The van der Waals surface area contributed by atoms with E-state index in [-0.39, 0.29) is 0 Å². The third-order valence-electron chi connectivity index (χ3n) is 4.97. The van der Waals surface area contributed by atoms with Gasteiger partial charge in [0.1, 0.15) is 0 Å². The molecule has 0 bridgehead atoms. The van der Waals surface area contributed by atoms with Crippen molar-refractivity contribution in [3.63, 3.8) is 0 Å². The van der Waals surface area contributed by atoms with Gasteiger partial charge in [0.25, 0.3) is 0 Å². The Morgan fingerprint density at radius 1 is 0.909 bits per heavy atom. The van der Waals surface area contributed by atoms with Crippen LogP contribution in [0.3, 0.4) is 0 Å². The molecular weight excluding hydrogens is 266 g/mol. The Labute approximate surface area is 141 Å². The van der Waals surface area contributed by atoms with E-state index in [9.17, 15) is 0 Å². The molecule has 2 saturated carbocycles. The molecule has 1 nitrogen and oxygen atoms in total. The SMILES string of the molecule is C1CCCCC1.C=CC.CCCCCC1CCC(NC)CC1. The van der Waals surface area contributed by atoms with Gasteiger partial charge in [-0.2, -0.15) is 0 Å². The van der Waals surface area contributed by atoms with Crippen molar-refractivity contribution >= 4 is 0 Å². The third-order valence-corrected chi connectivity index (χ3v) is 4.97. The second-order valence-corrected chi connectivity index (χ2v) is 7.03. The van der Waals surface area contributed by atoms with Gasteiger partial charge in [0.2, 0.25) is 0 Å². The minimum absolute atomic E-state index is 0.822. The number of nitrogens with one attached hydrogen (secondary N) is 1. The van der Waals surface area contributed by atoms with Gasteiger partial charge >= 0.3 is 0 Å². The van der Waals surface area contributed by atoms with Crippen molar-refractivity contribution in [3.8, 4) is 0 Å². The predicted molar refractivity (Wildman–Crippen MR) is 103 cm³/mol. The summed E-state index contributed by atoms with van der Waals surface area (Å²) in [5, 5.41) is 3.39. The third kappa shape index (κ3) is 13.4. The molecule has 2 fully saturated rings. The van der Waals surface area contributed by atoms with Crippen LogP contribution in [0.5, 0.6) is 0 Å². The monoisotopic (exact) mass is 309 g/mol. The highest BCUT2D eigenvalue weighted by Crippen LogP contribution is 2.28. The van der Waals surface area contributed by atoms with E-state index in [1.54, 1.807) is 6.08 Å². The smallest absolute Gasteiger partial charge is 0.00642 e. The lowest BCUT2D eigenvalue weighted by Gasteiger charge is -2.28. The van der Waals surface area contributed by atoms with E-state index in [0.29, 0.717) is 0 Å². The van der Waals surface area contributed by atoms with Gasteiger partial charge in [-0.25, -0.2) is 0 Å². The lowest BCUT2D eigenvalue weighted by Crippen LogP contribution is -2.30. The predicted octanol–water partition coefficient (Wildman–Crippen LogP) is 6.88. The van der Waals surface area contributed by atoms with Gasteiger partial charge in [0.15, 0.2) is 0 Å². The van der Waals surface area contributed by atoms with Crippen molar-refractivity contribution in [1.82, 2.24) is 5.32 Å². The Morgan fingerprint density at radius 3 is 1.73 bits per heavy atom. The molecule has 0 saturated heterocycles. The second kappa shape index (κ2) is 17.1. The molecule has 2 aliphatic carbocycles. The molecule has 1 N–H and O–H groups in total. The van der Waals surface area contributed by atoms with Crippen LogP contribution >= 0.6 is 0 Å². The quantitative estimate of drug-likeness (QED) is 0.431. The van der Waals surface area contributed by atoms with E-state index >= 15 is 0 Å². The topological polar surface area (TPSA) is 12.0 Å². The first kappa shape index (κ1) is 21.7. The van der Waals surface area contributed by atoms with Crippen molar-refractivity contribution in [1.29, 1.82) is 0 Å². The highest BCUT2D eigenvalue weighted by Gasteiger charge is 2.18. The minimum Gasteiger partial charge on any atom is -0.317 e. The molecule has 0 unspecified atom stereocenters. The molecule has 2 aliphatic rings. The minimum atomic E-state index is 0.822. The summed E-state index contributed by atoms with van der Waals surface area (Å²) in [6.07, 6.45) is 22.3. The summed E-state index contributed by atoms with van der Waals surface area (Å²) in [5.74, 6) is 1.05. The van der Waals surface area contributed by atoms with Crippen molar-refractivity contribution in [2.24, 2.45) is 5.92 Å². The molecule has 0 radical (unpaired) electrons. The van der Waals surface area contributed by atoms with Crippen LogP contribution in [0.4, 0.5) is 0 Å². The first-order chi connectivity index (χ1) is 10.8. The largest absolute Gasteiger partial charge is 0.317 e. The summed E-state index contributed by atoms with van der Waals surface area (Å²) in [5.41, 5.74) is 0. The molecule has 0 aromatic carbocycles. The average Bonchev–Trinajstić information content (AvgIpc) is 2.59. The Bertz CT molecular complexity index is 198. The van der Waals surface area contributed by atoms with Gasteiger partial charge in [-0.15, -0.1) is 6.58 Å². The van der Waals surface area contributed by atoms with Crippen LogP contribution < -0.4 is 5.32 Å². The maximum absolute atomic E-state index is 3.39. The standard InChI is InChI=1S/C12H25N.C6H12.C3H6/c1-3-4-5-6-11-7-9-12(13-2)10-8-11;1-2-4-6-5-3-1;1-3-2/h11-13H,3-10H2,1-2H3;1-6H2;3H,1H2,2H3. The number of hydrogen-bond donors (Lipinski definition) is 1. The molecule has 0 aromatic heterocycles. The van der Waals surface area contributed by atoms with Gasteiger partial charge in [-0.1, -0.05) is 77.2 Å². The Balaban J connectivity index is 0.000000404. The van der Waals surface area contributed by atoms with Crippen LogP contribution in [0.1, 0.15) is 104 Å². The van der Waals surface area contributed by atoms with Crippen LogP contribution in [0.25, 0.3) is 0 Å². The van der Waals surface area contributed by atoms with E-state index in [4.69, 9.17) is 0 Å². The molecular formula is C21H43N. The van der Waals surface area contributed by atoms with E-state index in [1.165, 1.54) is 89.9 Å². The molecule has 0 atom stereocenters. The fraction of sp³-hybridized carbons (Fsp3) is 0.905. The van der Waals surface area contributed by atoms with E-state index in [1.807, 2.05) is 6.92 Å². The number of hydrogen-bond acceptors (Lipinski definition) is 1. The Kier molecular flexibility index (Phi) is 16.8. The lowest BCUT2D eigenvalue weighted by molar-refractivity contribution is 0.283. The fourth-order valence-corrected chi connectivity index (χ4v) is 3.48. The van der Waals surface area contributed by atoms with Crippen LogP contribution in [-0.2, 0) is 0 Å². The van der Waals surface area contributed by atoms with Gasteiger partial charge < -0.3 is 5.32 Å². The highest BCUT2D eigenvalue weighted by atomic mass is 14.9. The summed E-state index contributed by atoms with van der Waals surface area (Å²) in [6.45, 7) is 7.54. The molecule has 0 aromatic rings. The van der Waals surface area contributed by atoms with Crippen molar-refractivity contribution in [2.75, 3.05) is 7.05 Å². The normalized spacial score (nSPS) is 24.3. The van der Waals surface area contributed by atoms with Gasteiger partial charge in [-0.3, -0.25) is 0 Å². The van der Waals surface area contributed by atoms with E-state index in [2.05, 4.69) is 25.9 Å². The zero-order valence-corrected chi connectivity index (χ0v) is 15.8. The number of allylic oxidation sites excluding steroid dienone is 1. The molecule has 0 spiro atoms. The molecule has 22 heavy (non-hydrogen) atoms. The Hall–Kier alpha value is -0.300. The van der Waals surface area contributed by atoms with Crippen molar-refractivity contribution < 1.29 is 0 Å². The maximum Gasteiger partial charge on any atom is 0.00642 e. The number of rotatable bonds is 5. The van der Waals surface area contributed by atoms with Crippen LogP contribution in [0.2, 0.25) is 0 Å². The summed E-state index contributed by atoms with van der Waals surface area (Å²) < 4.78 is 0. The van der Waals surface area contributed by atoms with Gasteiger partial charge in [-0.05, 0) is 45.6 Å². The maximum atomic E-state index is 3.39. The molecule has 0 aliphatic heterocycles. The van der Waals surface area contributed by atoms with Crippen molar-refractivity contribution in [2.45, 2.75) is 110 Å². The first-order valence-electron chi connectivity index (χ1n) is 10.0. The van der Waals surface area contributed by atoms with Gasteiger partial charge in [0, 0.05) is 6.04 Å². The number of unbranched alkanes of at least 4 members (excludes halogenated alkanes) is 2. The van der Waals surface area contributed by atoms with Gasteiger partial charge in [0.05, 0.1) is 0 Å². The summed E-state index contributed by atoms with van der Waals surface area (Å²) in [7, 11) is 2.10. The van der Waals surface area contributed by atoms with Crippen LogP contribution in [0.15, 0.2) is 12.7 Å². The second-order valence-electron chi connectivity index (χ2n) is 7.03. The lowest BCUT2D eigenvalue weighted by atomic mass is 9.83. The van der Waals surface area contributed by atoms with Crippen LogP contribution in [0, 0.1) is 5.92 Å². The molecule has 0 heterocycles. The highest BCUT2D eigenvalue weighted by molar-refractivity contribution is 4.75. The molecule has 0 amide bonds. The van der Waals surface area contributed by atoms with E-state index < -0.39 is 0 Å². The van der Waals surface area contributed by atoms with E-state index in [0.717, 1.165) is 12.0 Å². The first-order valence-corrected chi connectivity index (χ1v) is 10.0. The van der Waals surface area contributed by atoms with Crippen LogP contribution in [-0.4, -0.2) is 13.1 Å².